The molecule has 1 fully saturated rings. The Morgan fingerprint density at radius 3 is 2.36 bits per heavy atom. The Balaban J connectivity index is 2.55. The van der Waals surface area contributed by atoms with Gasteiger partial charge < -0.3 is 9.84 Å². The predicted octanol–water partition coefficient (Wildman–Crippen LogP) is 2.12. The number of nitrogens with zero attached hydrogens (tertiary/aromatic N) is 2. The van der Waals surface area contributed by atoms with E-state index >= 15 is 0 Å². The molecule has 25 heavy (non-hydrogen) atoms. The van der Waals surface area contributed by atoms with Crippen LogP contribution in [-0.2, 0) is 16.0 Å². The summed E-state index contributed by atoms with van der Waals surface area (Å²) in [6, 6.07) is 3.28. The lowest BCUT2D eigenvalue weighted by atomic mass is 10.0. The number of ether oxygens (including phenoxy) is 1. The quantitative estimate of drug-likeness (QED) is 0.377. The first-order valence-electron chi connectivity index (χ1n) is 7.73. The van der Waals surface area contributed by atoms with E-state index in [0.717, 1.165) is 0 Å². The summed E-state index contributed by atoms with van der Waals surface area (Å²) in [4.78, 5) is 27.3. The van der Waals surface area contributed by atoms with Gasteiger partial charge in [-0.25, -0.2) is 0 Å². The van der Waals surface area contributed by atoms with Crippen molar-refractivity contribution in [3.8, 4) is 11.5 Å². The van der Waals surface area contributed by atoms with Gasteiger partial charge in [-0.1, -0.05) is 6.08 Å². The second-order valence-electron chi connectivity index (χ2n) is 5.52. The molecule has 1 heterocycles. The molecule has 2 rings (SSSR count). The van der Waals surface area contributed by atoms with Crippen LogP contribution in [-0.4, -0.2) is 52.5 Å². The maximum atomic E-state index is 12.4. The lowest BCUT2D eigenvalue weighted by molar-refractivity contribution is -0.132. The Morgan fingerprint density at radius 2 is 1.84 bits per heavy atom. The fraction of sp³-hybridized carbons (Fsp3) is 0.278. The second kappa shape index (κ2) is 7.48. The van der Waals surface area contributed by atoms with E-state index in [1.807, 2.05) is 0 Å². The van der Waals surface area contributed by atoms with Crippen molar-refractivity contribution >= 4 is 35.2 Å². The van der Waals surface area contributed by atoms with E-state index in [0.29, 0.717) is 29.9 Å². The molecule has 0 bridgehead atoms. The lowest BCUT2D eigenvalue weighted by Crippen LogP contribution is -2.52. The molecule has 1 aromatic rings. The molecule has 1 aliphatic heterocycles. The summed E-state index contributed by atoms with van der Waals surface area (Å²) in [6.45, 7) is 5.84. The maximum absolute atomic E-state index is 12.4. The highest BCUT2D eigenvalue weighted by molar-refractivity contribution is 7.80. The number of likely N-dealkylation sites (N-methyl/N-ethyl adjacent to an activating group) is 2. The van der Waals surface area contributed by atoms with E-state index in [-0.39, 0.29) is 16.4 Å². The van der Waals surface area contributed by atoms with Gasteiger partial charge in [0, 0.05) is 19.7 Å². The van der Waals surface area contributed by atoms with Gasteiger partial charge in [0.25, 0.3) is 11.8 Å². The molecule has 0 saturated carbocycles. The second-order valence-corrected chi connectivity index (χ2v) is 5.89. The van der Waals surface area contributed by atoms with Crippen molar-refractivity contribution in [3.63, 3.8) is 0 Å². The molecular weight excluding hydrogens is 340 g/mol. The summed E-state index contributed by atoms with van der Waals surface area (Å²) in [5.74, 6) is -0.615. The van der Waals surface area contributed by atoms with E-state index < -0.39 is 11.8 Å². The van der Waals surface area contributed by atoms with Gasteiger partial charge in [-0.15, -0.1) is 6.58 Å². The van der Waals surface area contributed by atoms with Crippen molar-refractivity contribution in [2.24, 2.45) is 0 Å². The van der Waals surface area contributed by atoms with Crippen LogP contribution in [0.5, 0.6) is 11.5 Å². The normalized spacial score (nSPS) is 14.8. The van der Waals surface area contributed by atoms with Crippen molar-refractivity contribution in [3.05, 3.63) is 41.5 Å². The third-order valence-corrected chi connectivity index (χ3v) is 4.34. The number of amides is 2. The number of allylic oxidation sites excluding steroid dienone is 1. The third-order valence-electron chi connectivity index (χ3n) is 3.80. The molecule has 0 spiro atoms. The molecule has 0 aromatic heterocycles. The molecule has 0 unspecified atom stereocenters. The fourth-order valence-corrected chi connectivity index (χ4v) is 2.66. The SMILES string of the molecule is C=CCc1cc(C=C2C(=O)N(C)C(=S)N(C)C2=O)cc(OCC)c1O. The highest BCUT2D eigenvalue weighted by Crippen LogP contribution is 2.33. The van der Waals surface area contributed by atoms with Gasteiger partial charge in [0.15, 0.2) is 16.6 Å². The average Bonchev–Trinajstić information content (AvgIpc) is 2.59. The Labute approximate surface area is 152 Å². The number of thiocarbonyl (C=S) groups is 1. The van der Waals surface area contributed by atoms with Crippen LogP contribution in [0.1, 0.15) is 18.1 Å². The predicted molar refractivity (Wildman–Crippen MR) is 99.3 cm³/mol. The molecule has 6 nitrogen and oxygen atoms in total. The first kappa shape index (κ1) is 18.7. The number of phenols is 1. The van der Waals surface area contributed by atoms with Gasteiger partial charge in [0.2, 0.25) is 0 Å². The molecule has 0 radical (unpaired) electrons. The lowest BCUT2D eigenvalue weighted by Gasteiger charge is -2.31. The van der Waals surface area contributed by atoms with E-state index in [9.17, 15) is 14.7 Å². The number of aromatic hydroxyl groups is 1. The average molecular weight is 360 g/mol. The monoisotopic (exact) mass is 360 g/mol. The zero-order valence-corrected chi connectivity index (χ0v) is 15.2. The minimum absolute atomic E-state index is 0.00343. The van der Waals surface area contributed by atoms with Gasteiger partial charge in [-0.05, 0) is 49.3 Å². The summed E-state index contributed by atoms with van der Waals surface area (Å²) in [6.07, 6.45) is 3.56. The summed E-state index contributed by atoms with van der Waals surface area (Å²) >= 11 is 5.07. The largest absolute Gasteiger partial charge is 0.504 e. The summed E-state index contributed by atoms with van der Waals surface area (Å²) in [5.41, 5.74) is 1.17. The Morgan fingerprint density at radius 1 is 1.24 bits per heavy atom. The van der Waals surface area contributed by atoms with Crippen LogP contribution >= 0.6 is 12.2 Å². The molecule has 2 amide bonds. The Hall–Kier alpha value is -2.67. The molecule has 1 aliphatic rings. The van der Waals surface area contributed by atoms with Crippen LogP contribution in [0.4, 0.5) is 0 Å². The van der Waals surface area contributed by atoms with E-state index in [1.54, 1.807) is 25.1 Å². The first-order valence-corrected chi connectivity index (χ1v) is 8.14. The van der Waals surface area contributed by atoms with Crippen LogP contribution in [0.3, 0.4) is 0 Å². The molecule has 1 aromatic carbocycles. The molecule has 7 heteroatoms. The van der Waals surface area contributed by atoms with Gasteiger partial charge in [-0.3, -0.25) is 19.4 Å². The molecule has 0 atom stereocenters. The molecule has 1 N–H and O–H groups in total. The smallest absolute Gasteiger partial charge is 0.265 e. The van der Waals surface area contributed by atoms with Crippen LogP contribution in [0.2, 0.25) is 0 Å². The summed E-state index contributed by atoms with van der Waals surface area (Å²) < 4.78 is 5.44. The van der Waals surface area contributed by atoms with Crippen molar-refractivity contribution < 1.29 is 19.4 Å². The molecule has 1 saturated heterocycles. The highest BCUT2D eigenvalue weighted by atomic mass is 32.1. The number of phenolic OH excluding ortho intramolecular Hbond substituents is 1. The summed E-state index contributed by atoms with van der Waals surface area (Å²) in [7, 11) is 3.04. The van der Waals surface area contributed by atoms with Gasteiger partial charge in [0.1, 0.15) is 5.57 Å². The minimum Gasteiger partial charge on any atom is -0.504 e. The van der Waals surface area contributed by atoms with Crippen molar-refractivity contribution in [2.45, 2.75) is 13.3 Å². The summed E-state index contributed by atoms with van der Waals surface area (Å²) in [5, 5.41) is 10.4. The number of carbonyl (C=O) groups excluding carboxylic acids is 2. The van der Waals surface area contributed by atoms with Crippen molar-refractivity contribution in [2.75, 3.05) is 20.7 Å². The molecule has 132 valence electrons. The molecule has 0 aliphatic carbocycles. The van der Waals surface area contributed by atoms with Crippen LogP contribution < -0.4 is 4.74 Å². The van der Waals surface area contributed by atoms with Crippen LogP contribution in [0.15, 0.2) is 30.4 Å². The number of hydrogen-bond acceptors (Lipinski definition) is 5. The highest BCUT2D eigenvalue weighted by Gasteiger charge is 2.35. The maximum Gasteiger partial charge on any atom is 0.265 e. The zero-order chi connectivity index (χ0) is 18.7. The first-order chi connectivity index (χ1) is 11.8. The van der Waals surface area contributed by atoms with E-state index in [4.69, 9.17) is 17.0 Å². The van der Waals surface area contributed by atoms with Crippen molar-refractivity contribution in [1.82, 2.24) is 9.80 Å². The van der Waals surface area contributed by atoms with Crippen molar-refractivity contribution in [1.29, 1.82) is 0 Å². The zero-order valence-electron chi connectivity index (χ0n) is 14.4. The van der Waals surface area contributed by atoms with Gasteiger partial charge in [-0.2, -0.15) is 0 Å². The number of rotatable bonds is 5. The number of carbonyl (C=O) groups is 2. The minimum atomic E-state index is -0.468. The fourth-order valence-electron chi connectivity index (χ4n) is 2.49. The Kier molecular flexibility index (Phi) is 5.58. The number of benzene rings is 1. The third kappa shape index (κ3) is 3.56. The van der Waals surface area contributed by atoms with Crippen LogP contribution in [0, 0.1) is 0 Å². The number of hydrogen-bond donors (Lipinski definition) is 1. The van der Waals surface area contributed by atoms with Crippen LogP contribution in [0.25, 0.3) is 6.08 Å². The molecular formula is C18H20N2O4S. The van der Waals surface area contributed by atoms with Gasteiger partial charge in [0.05, 0.1) is 6.61 Å². The van der Waals surface area contributed by atoms with Gasteiger partial charge >= 0.3 is 0 Å². The Bertz CT molecular complexity index is 760. The standard InChI is InChI=1S/C18H20N2O4S/c1-5-7-12-8-11(10-14(15(12)21)24-6-2)9-13-16(22)19(3)18(25)20(4)17(13)23/h5,8-10,21H,1,6-7H2,2-4H3. The topological polar surface area (TPSA) is 70.1 Å². The van der Waals surface area contributed by atoms with E-state index in [2.05, 4.69) is 6.58 Å². The van der Waals surface area contributed by atoms with E-state index in [1.165, 1.54) is 30.0 Å².